The number of aromatic nitrogens is 2. The van der Waals surface area contributed by atoms with Gasteiger partial charge in [0.05, 0.1) is 6.20 Å². The van der Waals surface area contributed by atoms with Gasteiger partial charge < -0.3 is 10.6 Å². The molecule has 31 heavy (non-hydrogen) atoms. The Morgan fingerprint density at radius 3 is 2.35 bits per heavy atom. The lowest BCUT2D eigenvalue weighted by molar-refractivity contribution is -0.118. The normalized spacial score (nSPS) is 11.8. The van der Waals surface area contributed by atoms with E-state index in [0.29, 0.717) is 6.54 Å². The number of anilines is 1. The summed E-state index contributed by atoms with van der Waals surface area (Å²) in [5.74, 6) is -0.0987. The zero-order valence-electron chi connectivity index (χ0n) is 16.9. The highest BCUT2D eigenvalue weighted by atomic mass is 35.5. The molecule has 0 fully saturated rings. The Bertz CT molecular complexity index is 1090. The van der Waals surface area contributed by atoms with Crippen LogP contribution in [-0.2, 0) is 11.2 Å². The van der Waals surface area contributed by atoms with Crippen molar-refractivity contribution in [2.24, 2.45) is 0 Å². The molecule has 1 atom stereocenters. The van der Waals surface area contributed by atoms with Crippen LogP contribution in [0.15, 0.2) is 91.3 Å². The first-order valence-corrected chi connectivity index (χ1v) is 10.5. The molecule has 1 unspecified atom stereocenters. The first-order chi connectivity index (χ1) is 15.2. The Balaban J connectivity index is 1.43. The van der Waals surface area contributed by atoms with Crippen molar-refractivity contribution in [3.63, 3.8) is 0 Å². The molecule has 156 valence electrons. The minimum absolute atomic E-state index is 0.0987. The minimum Gasteiger partial charge on any atom is -0.324 e. The van der Waals surface area contributed by atoms with Crippen molar-refractivity contribution in [2.75, 3.05) is 11.9 Å². The molecule has 3 aromatic carbocycles. The van der Waals surface area contributed by atoms with E-state index >= 15 is 0 Å². The van der Waals surface area contributed by atoms with Gasteiger partial charge in [-0.3, -0.25) is 9.89 Å². The van der Waals surface area contributed by atoms with E-state index in [1.54, 1.807) is 6.20 Å². The molecule has 0 aliphatic carbocycles. The second kappa shape index (κ2) is 10.1. The molecule has 0 spiro atoms. The summed E-state index contributed by atoms with van der Waals surface area (Å²) in [5, 5.41) is 13.9. The number of nitrogens with one attached hydrogen (secondary N) is 3. The summed E-state index contributed by atoms with van der Waals surface area (Å²) in [6, 6.07) is 24.8. The van der Waals surface area contributed by atoms with Gasteiger partial charge in [0.1, 0.15) is 6.04 Å². The number of hydrogen-bond acceptors (Lipinski definition) is 3. The van der Waals surface area contributed by atoms with Crippen LogP contribution in [0, 0.1) is 0 Å². The van der Waals surface area contributed by atoms with E-state index in [4.69, 9.17) is 11.6 Å². The molecule has 0 saturated carbocycles. The third-order valence-electron chi connectivity index (χ3n) is 5.05. The number of rotatable bonds is 8. The lowest BCUT2D eigenvalue weighted by atomic mass is 10.0. The molecule has 0 bridgehead atoms. The maximum Gasteiger partial charge on any atom is 0.246 e. The van der Waals surface area contributed by atoms with Crippen LogP contribution >= 0.6 is 11.6 Å². The molecular weight excluding hydrogens is 408 g/mol. The number of benzene rings is 3. The average Bonchev–Trinajstić information content (AvgIpc) is 3.34. The highest BCUT2D eigenvalue weighted by Crippen LogP contribution is 2.21. The summed E-state index contributed by atoms with van der Waals surface area (Å²) in [7, 11) is 0. The molecule has 1 heterocycles. The van der Waals surface area contributed by atoms with Crippen molar-refractivity contribution < 1.29 is 4.79 Å². The molecule has 0 aliphatic heterocycles. The predicted octanol–water partition coefficient (Wildman–Crippen LogP) is 5.24. The van der Waals surface area contributed by atoms with Gasteiger partial charge >= 0.3 is 0 Å². The fraction of sp³-hybridized carbons (Fsp3) is 0.120. The SMILES string of the molecule is O=C(Nc1ccc(-c2cn[nH]c2)cc1)C(NCCc1ccc(Cl)cc1)c1ccccc1. The molecule has 3 N–H and O–H groups in total. The van der Waals surface area contributed by atoms with Gasteiger partial charge in [0, 0.05) is 29.0 Å². The maximum absolute atomic E-state index is 13.1. The largest absolute Gasteiger partial charge is 0.324 e. The Kier molecular flexibility index (Phi) is 6.77. The van der Waals surface area contributed by atoms with E-state index in [2.05, 4.69) is 20.8 Å². The number of nitrogens with zero attached hydrogens (tertiary/aromatic N) is 1. The van der Waals surface area contributed by atoms with E-state index in [1.807, 2.05) is 85.1 Å². The average molecular weight is 431 g/mol. The standard InChI is InChI=1S/C25H23ClN4O/c26-22-10-6-18(7-11-22)14-15-27-24(20-4-2-1-3-5-20)25(31)30-23-12-8-19(9-13-23)21-16-28-29-17-21/h1-13,16-17,24,27H,14-15H2,(H,28,29)(H,30,31). The van der Waals surface area contributed by atoms with Gasteiger partial charge in [0.25, 0.3) is 0 Å². The van der Waals surface area contributed by atoms with E-state index in [0.717, 1.165) is 33.8 Å². The van der Waals surface area contributed by atoms with Crippen LogP contribution < -0.4 is 10.6 Å². The molecule has 0 radical (unpaired) electrons. The van der Waals surface area contributed by atoms with E-state index < -0.39 is 6.04 Å². The number of H-pyrrole nitrogens is 1. The van der Waals surface area contributed by atoms with Gasteiger partial charge in [-0.1, -0.05) is 66.2 Å². The van der Waals surface area contributed by atoms with Crippen molar-refractivity contribution >= 4 is 23.2 Å². The molecule has 1 amide bonds. The lowest BCUT2D eigenvalue weighted by Gasteiger charge is -2.19. The molecule has 4 rings (SSSR count). The van der Waals surface area contributed by atoms with Gasteiger partial charge in [-0.25, -0.2) is 0 Å². The summed E-state index contributed by atoms with van der Waals surface area (Å²) >= 11 is 5.96. The van der Waals surface area contributed by atoms with Gasteiger partial charge in [0.2, 0.25) is 5.91 Å². The maximum atomic E-state index is 13.1. The predicted molar refractivity (Wildman–Crippen MR) is 125 cm³/mol. The van der Waals surface area contributed by atoms with Gasteiger partial charge in [-0.05, 0) is 47.4 Å². The second-order valence-electron chi connectivity index (χ2n) is 7.23. The third kappa shape index (κ3) is 5.60. The van der Waals surface area contributed by atoms with Crippen molar-refractivity contribution in [2.45, 2.75) is 12.5 Å². The Morgan fingerprint density at radius 1 is 0.935 bits per heavy atom. The van der Waals surface area contributed by atoms with Crippen LogP contribution in [0.3, 0.4) is 0 Å². The zero-order chi connectivity index (χ0) is 21.5. The van der Waals surface area contributed by atoms with Crippen LogP contribution in [0.4, 0.5) is 5.69 Å². The van der Waals surface area contributed by atoms with Crippen LogP contribution in [0.5, 0.6) is 0 Å². The molecule has 0 saturated heterocycles. The number of halogens is 1. The molecule has 1 aromatic heterocycles. The minimum atomic E-state index is -0.456. The number of amides is 1. The van der Waals surface area contributed by atoms with Crippen molar-refractivity contribution in [3.05, 3.63) is 107 Å². The highest BCUT2D eigenvalue weighted by molar-refractivity contribution is 6.30. The molecule has 5 nitrogen and oxygen atoms in total. The van der Waals surface area contributed by atoms with Gasteiger partial charge in [0.15, 0.2) is 0 Å². The van der Waals surface area contributed by atoms with E-state index in [-0.39, 0.29) is 5.91 Å². The van der Waals surface area contributed by atoms with Crippen LogP contribution in [-0.4, -0.2) is 22.6 Å². The summed E-state index contributed by atoms with van der Waals surface area (Å²) in [6.07, 6.45) is 4.40. The summed E-state index contributed by atoms with van der Waals surface area (Å²) in [6.45, 7) is 0.661. The Morgan fingerprint density at radius 2 is 1.68 bits per heavy atom. The quantitative estimate of drug-likeness (QED) is 0.358. The van der Waals surface area contributed by atoms with E-state index in [9.17, 15) is 4.79 Å². The highest BCUT2D eigenvalue weighted by Gasteiger charge is 2.20. The Hall–Kier alpha value is -3.41. The number of hydrogen-bond donors (Lipinski definition) is 3. The first kappa shape index (κ1) is 20.8. The lowest BCUT2D eigenvalue weighted by Crippen LogP contribution is -2.34. The fourth-order valence-corrected chi connectivity index (χ4v) is 3.51. The molecule has 0 aliphatic rings. The van der Waals surface area contributed by atoms with E-state index in [1.165, 1.54) is 5.56 Å². The van der Waals surface area contributed by atoms with Crippen molar-refractivity contribution in [1.82, 2.24) is 15.5 Å². The van der Waals surface area contributed by atoms with Crippen molar-refractivity contribution in [3.8, 4) is 11.1 Å². The summed E-state index contributed by atoms with van der Waals surface area (Å²) in [5.41, 5.74) is 4.87. The first-order valence-electron chi connectivity index (χ1n) is 10.1. The molecular formula is C25H23ClN4O. The topological polar surface area (TPSA) is 69.8 Å². The van der Waals surface area contributed by atoms with Crippen molar-refractivity contribution in [1.29, 1.82) is 0 Å². The Labute approximate surface area is 186 Å². The van der Waals surface area contributed by atoms with Gasteiger partial charge in [-0.2, -0.15) is 5.10 Å². The fourth-order valence-electron chi connectivity index (χ4n) is 3.39. The summed E-state index contributed by atoms with van der Waals surface area (Å²) in [4.78, 5) is 13.1. The van der Waals surface area contributed by atoms with Gasteiger partial charge in [-0.15, -0.1) is 0 Å². The summed E-state index contributed by atoms with van der Waals surface area (Å²) < 4.78 is 0. The molecule has 6 heteroatoms. The van der Waals surface area contributed by atoms with Crippen LogP contribution in [0.1, 0.15) is 17.2 Å². The number of carbonyl (C=O) groups is 1. The smallest absolute Gasteiger partial charge is 0.246 e. The number of aromatic amines is 1. The van der Waals surface area contributed by atoms with Crippen LogP contribution in [0.2, 0.25) is 5.02 Å². The zero-order valence-corrected chi connectivity index (χ0v) is 17.6. The van der Waals surface area contributed by atoms with Crippen LogP contribution in [0.25, 0.3) is 11.1 Å². The molecule has 4 aromatic rings. The third-order valence-corrected chi connectivity index (χ3v) is 5.31. The number of carbonyl (C=O) groups excluding carboxylic acids is 1. The second-order valence-corrected chi connectivity index (χ2v) is 7.66. The monoisotopic (exact) mass is 430 g/mol.